The Bertz CT molecular complexity index is 1400. The van der Waals surface area contributed by atoms with Crippen LogP contribution in [0.1, 0.15) is 27.4 Å². The molecule has 1 aromatic heterocycles. The Balaban J connectivity index is 1.48. The van der Waals surface area contributed by atoms with Crippen LogP contribution >= 0.6 is 11.6 Å². The highest BCUT2D eigenvalue weighted by atomic mass is 35.5. The first-order valence-electron chi connectivity index (χ1n) is 10.6. The van der Waals surface area contributed by atoms with Crippen LogP contribution in [0, 0.1) is 24.0 Å². The monoisotopic (exact) mass is 492 g/mol. The second-order valence-corrected chi connectivity index (χ2v) is 8.17. The fourth-order valence-electron chi connectivity index (χ4n) is 3.27. The van der Waals surface area contributed by atoms with E-state index in [1.54, 1.807) is 24.3 Å². The average molecular weight is 493 g/mol. The lowest BCUT2D eigenvalue weighted by atomic mass is 10.2. The minimum absolute atomic E-state index is 0.0377. The summed E-state index contributed by atoms with van der Waals surface area (Å²) in [6.07, 6.45) is 0. The van der Waals surface area contributed by atoms with Crippen LogP contribution in [-0.4, -0.2) is 10.8 Å². The van der Waals surface area contributed by atoms with Gasteiger partial charge in [-0.1, -0.05) is 29.8 Å². The topological polar surface area (TPSA) is 104 Å². The van der Waals surface area contributed by atoms with E-state index in [1.165, 1.54) is 24.3 Å². The maximum Gasteiger partial charge on any atom is 0.291 e. The van der Waals surface area contributed by atoms with Crippen molar-refractivity contribution in [3.05, 3.63) is 111 Å². The van der Waals surface area contributed by atoms with Crippen molar-refractivity contribution in [3.63, 3.8) is 0 Å². The molecular formula is C26H21ClN2O6. The van der Waals surface area contributed by atoms with E-state index in [0.717, 1.165) is 16.9 Å². The zero-order chi connectivity index (χ0) is 24.9. The summed E-state index contributed by atoms with van der Waals surface area (Å²) < 4.78 is 17.1. The predicted molar refractivity (Wildman–Crippen MR) is 132 cm³/mol. The van der Waals surface area contributed by atoms with Crippen LogP contribution in [0.15, 0.2) is 77.2 Å². The number of carbonyl (C=O) groups is 1. The van der Waals surface area contributed by atoms with Gasteiger partial charge in [-0.05, 0) is 61.4 Å². The molecule has 0 radical (unpaired) electrons. The van der Waals surface area contributed by atoms with Crippen molar-refractivity contribution in [1.82, 2.24) is 0 Å². The molecule has 0 atom stereocenters. The Morgan fingerprint density at radius 3 is 2.54 bits per heavy atom. The minimum Gasteiger partial charge on any atom is -0.485 e. The van der Waals surface area contributed by atoms with Crippen molar-refractivity contribution in [3.8, 4) is 17.2 Å². The molecule has 178 valence electrons. The molecule has 35 heavy (non-hydrogen) atoms. The van der Waals surface area contributed by atoms with Gasteiger partial charge in [0, 0.05) is 17.2 Å². The summed E-state index contributed by atoms with van der Waals surface area (Å²) in [5.74, 6) is 1.28. The predicted octanol–water partition coefficient (Wildman–Crippen LogP) is 7.08. The van der Waals surface area contributed by atoms with Crippen molar-refractivity contribution < 1.29 is 23.6 Å². The molecule has 3 aromatic carbocycles. The second-order valence-electron chi connectivity index (χ2n) is 7.76. The number of benzene rings is 3. The summed E-state index contributed by atoms with van der Waals surface area (Å²) in [6.45, 7) is 3.90. The molecule has 0 aliphatic heterocycles. The van der Waals surface area contributed by atoms with Gasteiger partial charge < -0.3 is 19.2 Å². The van der Waals surface area contributed by atoms with E-state index in [1.807, 2.05) is 38.1 Å². The average Bonchev–Trinajstić information content (AvgIpc) is 3.30. The molecule has 1 N–H and O–H groups in total. The lowest BCUT2D eigenvalue weighted by molar-refractivity contribution is -0.384. The number of non-ortho nitro benzene ring substituents is 1. The number of nitrogens with one attached hydrogen (secondary N) is 1. The van der Waals surface area contributed by atoms with Gasteiger partial charge in [-0.3, -0.25) is 14.9 Å². The van der Waals surface area contributed by atoms with E-state index in [0.29, 0.717) is 16.5 Å². The Morgan fingerprint density at radius 1 is 1.00 bits per heavy atom. The number of halogens is 1. The summed E-state index contributed by atoms with van der Waals surface area (Å²) in [7, 11) is 0. The zero-order valence-electron chi connectivity index (χ0n) is 18.9. The highest BCUT2D eigenvalue weighted by Gasteiger charge is 2.17. The van der Waals surface area contributed by atoms with Gasteiger partial charge in [0.15, 0.2) is 5.76 Å². The van der Waals surface area contributed by atoms with Crippen LogP contribution in [0.4, 0.5) is 11.4 Å². The number of hydrogen-bond donors (Lipinski definition) is 1. The molecule has 0 saturated carbocycles. The molecule has 0 fully saturated rings. The molecule has 4 rings (SSSR count). The van der Waals surface area contributed by atoms with Gasteiger partial charge in [0.25, 0.3) is 11.6 Å². The van der Waals surface area contributed by atoms with E-state index in [9.17, 15) is 14.9 Å². The molecule has 1 amide bonds. The number of nitro groups is 1. The quantitative estimate of drug-likeness (QED) is 0.208. The van der Waals surface area contributed by atoms with Gasteiger partial charge in [-0.2, -0.15) is 0 Å². The molecule has 0 unspecified atom stereocenters. The molecular weight excluding hydrogens is 472 g/mol. The first-order valence-corrected chi connectivity index (χ1v) is 11.0. The van der Waals surface area contributed by atoms with Crippen LogP contribution in [0.2, 0.25) is 5.02 Å². The summed E-state index contributed by atoms with van der Waals surface area (Å²) in [6, 6.07) is 19.7. The van der Waals surface area contributed by atoms with Gasteiger partial charge >= 0.3 is 0 Å². The number of nitrogens with zero attached hydrogens (tertiary/aromatic N) is 1. The zero-order valence-corrected chi connectivity index (χ0v) is 19.7. The highest BCUT2D eigenvalue weighted by Crippen LogP contribution is 2.31. The summed E-state index contributed by atoms with van der Waals surface area (Å²) in [5.41, 5.74) is 1.71. The Labute approximate surface area is 206 Å². The largest absolute Gasteiger partial charge is 0.485 e. The van der Waals surface area contributed by atoms with Crippen molar-refractivity contribution in [2.24, 2.45) is 0 Å². The van der Waals surface area contributed by atoms with Gasteiger partial charge in [-0.15, -0.1) is 0 Å². The Morgan fingerprint density at radius 2 is 1.80 bits per heavy atom. The van der Waals surface area contributed by atoms with Gasteiger partial charge in [-0.25, -0.2) is 0 Å². The third-order valence-electron chi connectivity index (χ3n) is 5.07. The number of nitro benzene ring substituents is 1. The first kappa shape index (κ1) is 23.8. The SMILES string of the molecule is Cc1cc(Oc2cc(NC(=O)c3ccc(COc4ccccc4C)o3)cc([N+](=O)[O-])c2)ccc1Cl. The number of rotatable bonds is 8. The maximum absolute atomic E-state index is 12.7. The van der Waals surface area contributed by atoms with E-state index in [-0.39, 0.29) is 29.5 Å². The number of amides is 1. The molecule has 0 aliphatic rings. The maximum atomic E-state index is 12.7. The fourth-order valence-corrected chi connectivity index (χ4v) is 3.39. The third-order valence-corrected chi connectivity index (χ3v) is 5.50. The Hall–Kier alpha value is -4.30. The Kier molecular flexibility index (Phi) is 7.03. The van der Waals surface area contributed by atoms with Crippen molar-refractivity contribution in [2.75, 3.05) is 5.32 Å². The lowest BCUT2D eigenvalue weighted by Crippen LogP contribution is -2.11. The van der Waals surface area contributed by atoms with Crippen molar-refractivity contribution in [1.29, 1.82) is 0 Å². The number of anilines is 1. The molecule has 0 aliphatic carbocycles. The number of carbonyl (C=O) groups excluding carboxylic acids is 1. The van der Waals surface area contributed by atoms with Crippen LogP contribution < -0.4 is 14.8 Å². The molecule has 4 aromatic rings. The molecule has 8 nitrogen and oxygen atoms in total. The molecule has 1 heterocycles. The molecule has 0 spiro atoms. The second kappa shape index (κ2) is 10.3. The number of ether oxygens (including phenoxy) is 2. The van der Waals surface area contributed by atoms with E-state index >= 15 is 0 Å². The highest BCUT2D eigenvalue weighted by molar-refractivity contribution is 6.31. The number of aryl methyl sites for hydroxylation is 2. The third kappa shape index (κ3) is 5.99. The van der Waals surface area contributed by atoms with Crippen molar-refractivity contribution >= 4 is 28.9 Å². The van der Waals surface area contributed by atoms with Gasteiger partial charge in [0.05, 0.1) is 16.7 Å². The number of furan rings is 1. The van der Waals surface area contributed by atoms with E-state index < -0.39 is 10.8 Å². The smallest absolute Gasteiger partial charge is 0.291 e. The van der Waals surface area contributed by atoms with E-state index in [2.05, 4.69) is 5.32 Å². The summed E-state index contributed by atoms with van der Waals surface area (Å²) in [5, 5.41) is 14.6. The minimum atomic E-state index is -0.569. The standard InChI is InChI=1S/C26H21ClN2O6/c1-16-5-3-4-6-24(16)33-15-21-8-10-25(35-21)26(30)28-18-12-19(29(31)32)14-22(13-18)34-20-7-9-23(27)17(2)11-20/h3-14H,15H2,1-2H3,(H,28,30). The summed E-state index contributed by atoms with van der Waals surface area (Å²) in [4.78, 5) is 23.6. The van der Waals surface area contributed by atoms with Gasteiger partial charge in [0.1, 0.15) is 29.6 Å². The number of para-hydroxylation sites is 1. The van der Waals surface area contributed by atoms with Gasteiger partial charge in [0.2, 0.25) is 0 Å². The number of hydrogen-bond acceptors (Lipinski definition) is 6. The van der Waals surface area contributed by atoms with Crippen LogP contribution in [-0.2, 0) is 6.61 Å². The van der Waals surface area contributed by atoms with Crippen LogP contribution in [0.5, 0.6) is 17.2 Å². The summed E-state index contributed by atoms with van der Waals surface area (Å²) >= 11 is 6.04. The molecule has 0 saturated heterocycles. The van der Waals surface area contributed by atoms with E-state index in [4.69, 9.17) is 25.5 Å². The molecule has 0 bridgehead atoms. The normalized spacial score (nSPS) is 10.6. The van der Waals surface area contributed by atoms with Crippen molar-refractivity contribution in [2.45, 2.75) is 20.5 Å². The fraction of sp³-hybridized carbons (Fsp3) is 0.115. The van der Waals surface area contributed by atoms with Crippen LogP contribution in [0.3, 0.4) is 0 Å². The first-order chi connectivity index (χ1) is 16.8. The lowest BCUT2D eigenvalue weighted by Gasteiger charge is -2.10. The van der Waals surface area contributed by atoms with Crippen LogP contribution in [0.25, 0.3) is 0 Å². The molecule has 9 heteroatoms.